The average Bonchev–Trinajstić information content (AvgIpc) is 2.85. The van der Waals surface area contributed by atoms with Crippen molar-refractivity contribution < 1.29 is 9.59 Å². The number of likely N-dealkylation sites (N-methyl/N-ethyl adjacent to an activating group) is 1. The number of nitrogens with one attached hydrogen (secondary N) is 1. The van der Waals surface area contributed by atoms with Crippen molar-refractivity contribution in [2.45, 2.75) is 18.9 Å². The third kappa shape index (κ3) is 4.77. The summed E-state index contributed by atoms with van der Waals surface area (Å²) < 4.78 is 1.79. The predicted molar refractivity (Wildman–Crippen MR) is 137 cm³/mol. The maximum absolute atomic E-state index is 13.3. The number of pyridine rings is 1. The lowest BCUT2D eigenvalue weighted by Gasteiger charge is -2.43. The number of anilines is 1. The summed E-state index contributed by atoms with van der Waals surface area (Å²) in [6.07, 6.45) is 0.961. The van der Waals surface area contributed by atoms with Crippen molar-refractivity contribution in [3.8, 4) is 11.1 Å². The standard InChI is InChI=1S/C28H30N4O3/c1-30(2)18-26(33)29-24-12-13-25-23-14-19(16-32(25)28(24)35)15-31(17-23)27(34)22-10-8-21(9-11-22)20-6-4-3-5-7-20/h3-13,19,23H,14-18H2,1-2H3,(H,29,33). The van der Waals surface area contributed by atoms with Crippen molar-refractivity contribution in [3.63, 3.8) is 0 Å². The van der Waals surface area contributed by atoms with Crippen LogP contribution in [0.3, 0.4) is 0 Å². The molecule has 1 N–H and O–H groups in total. The highest BCUT2D eigenvalue weighted by Gasteiger charge is 2.37. The largest absolute Gasteiger partial charge is 0.338 e. The Morgan fingerprint density at radius 1 is 0.914 bits per heavy atom. The second-order valence-electron chi connectivity index (χ2n) is 9.83. The van der Waals surface area contributed by atoms with Gasteiger partial charge in [-0.25, -0.2) is 0 Å². The highest BCUT2D eigenvalue weighted by Crippen LogP contribution is 2.36. The molecule has 0 spiro atoms. The van der Waals surface area contributed by atoms with Crippen LogP contribution in [0, 0.1) is 5.92 Å². The van der Waals surface area contributed by atoms with Crippen LogP contribution in [0.1, 0.15) is 28.4 Å². The Hall–Kier alpha value is -3.71. The minimum Gasteiger partial charge on any atom is -0.338 e. The molecule has 0 radical (unpaired) electrons. The quantitative estimate of drug-likeness (QED) is 0.621. The molecule has 7 nitrogen and oxygen atoms in total. The molecule has 2 aliphatic heterocycles. The Bertz CT molecular complexity index is 1300. The summed E-state index contributed by atoms with van der Waals surface area (Å²) in [6, 6.07) is 21.5. The Labute approximate surface area is 205 Å². The minimum atomic E-state index is -0.210. The molecule has 3 aromatic rings. The van der Waals surface area contributed by atoms with E-state index < -0.39 is 0 Å². The monoisotopic (exact) mass is 470 g/mol. The maximum Gasteiger partial charge on any atom is 0.274 e. The van der Waals surface area contributed by atoms with Gasteiger partial charge in [0.15, 0.2) is 0 Å². The number of piperidine rings is 1. The zero-order valence-electron chi connectivity index (χ0n) is 20.1. The minimum absolute atomic E-state index is 0.0303. The molecule has 5 rings (SSSR count). The zero-order chi connectivity index (χ0) is 24.5. The van der Waals surface area contributed by atoms with E-state index in [-0.39, 0.29) is 35.8 Å². The summed E-state index contributed by atoms with van der Waals surface area (Å²) in [5.74, 6) is 0.134. The first-order valence-corrected chi connectivity index (χ1v) is 12.0. The van der Waals surface area contributed by atoms with Gasteiger partial charge in [0.25, 0.3) is 11.5 Å². The van der Waals surface area contributed by atoms with E-state index in [1.54, 1.807) is 15.5 Å². The van der Waals surface area contributed by atoms with Gasteiger partial charge in [0.1, 0.15) is 5.69 Å². The first kappa shape index (κ1) is 23.1. The Kier molecular flexibility index (Phi) is 6.26. The molecule has 2 atom stereocenters. The Balaban J connectivity index is 1.32. The van der Waals surface area contributed by atoms with Crippen LogP contribution in [0.2, 0.25) is 0 Å². The second kappa shape index (κ2) is 9.50. The molecule has 3 heterocycles. The number of fused-ring (bicyclic) bond motifs is 4. The summed E-state index contributed by atoms with van der Waals surface area (Å²) in [5, 5.41) is 2.74. The summed E-state index contributed by atoms with van der Waals surface area (Å²) in [6.45, 7) is 1.98. The summed E-state index contributed by atoms with van der Waals surface area (Å²) >= 11 is 0. The van der Waals surface area contributed by atoms with Gasteiger partial charge in [-0.05, 0) is 61.8 Å². The van der Waals surface area contributed by atoms with Crippen LogP contribution in [0.5, 0.6) is 0 Å². The van der Waals surface area contributed by atoms with Gasteiger partial charge in [-0.15, -0.1) is 0 Å². The van der Waals surface area contributed by atoms with Crippen LogP contribution in [0.4, 0.5) is 5.69 Å². The van der Waals surface area contributed by atoms with E-state index >= 15 is 0 Å². The lowest BCUT2D eigenvalue weighted by molar-refractivity contribution is -0.116. The second-order valence-corrected chi connectivity index (χ2v) is 9.83. The van der Waals surface area contributed by atoms with E-state index in [0.29, 0.717) is 30.9 Å². The molecule has 35 heavy (non-hydrogen) atoms. The number of likely N-dealkylation sites (tertiary alicyclic amines) is 1. The Morgan fingerprint density at radius 3 is 2.34 bits per heavy atom. The summed E-state index contributed by atoms with van der Waals surface area (Å²) in [5.41, 5.74) is 3.97. The predicted octanol–water partition coefficient (Wildman–Crippen LogP) is 3.27. The normalized spacial score (nSPS) is 18.8. The molecule has 2 bridgehead atoms. The molecule has 0 aliphatic carbocycles. The molecule has 2 aromatic carbocycles. The van der Waals surface area contributed by atoms with Crippen LogP contribution in [-0.4, -0.2) is 59.9 Å². The van der Waals surface area contributed by atoms with Gasteiger partial charge in [0.05, 0.1) is 6.54 Å². The van der Waals surface area contributed by atoms with E-state index in [1.165, 1.54) is 0 Å². The van der Waals surface area contributed by atoms with Gasteiger partial charge < -0.3 is 19.7 Å². The van der Waals surface area contributed by atoms with Gasteiger partial charge >= 0.3 is 0 Å². The molecular weight excluding hydrogens is 440 g/mol. The highest BCUT2D eigenvalue weighted by molar-refractivity contribution is 5.95. The van der Waals surface area contributed by atoms with Crippen molar-refractivity contribution in [2.24, 2.45) is 5.92 Å². The van der Waals surface area contributed by atoms with Crippen molar-refractivity contribution in [1.29, 1.82) is 0 Å². The number of carbonyl (C=O) groups is 2. The SMILES string of the molecule is CN(C)CC(=O)Nc1ccc2n(c1=O)CC1CC2CN(C(=O)c2ccc(-c3ccccc3)cc2)C1. The van der Waals surface area contributed by atoms with E-state index in [1.807, 2.05) is 67.5 Å². The number of aromatic nitrogens is 1. The number of hydrogen-bond donors (Lipinski definition) is 1. The maximum atomic E-state index is 13.3. The topological polar surface area (TPSA) is 74.7 Å². The number of nitrogens with zero attached hydrogens (tertiary/aromatic N) is 3. The zero-order valence-corrected chi connectivity index (χ0v) is 20.1. The van der Waals surface area contributed by atoms with Crippen LogP contribution in [-0.2, 0) is 11.3 Å². The number of amides is 2. The average molecular weight is 471 g/mol. The summed E-state index contributed by atoms with van der Waals surface area (Å²) in [4.78, 5) is 42.3. The highest BCUT2D eigenvalue weighted by atomic mass is 16.2. The summed E-state index contributed by atoms with van der Waals surface area (Å²) in [7, 11) is 3.62. The number of benzene rings is 2. The van der Waals surface area contributed by atoms with Gasteiger partial charge in [0, 0.05) is 36.8 Å². The molecular formula is C28H30N4O3. The van der Waals surface area contributed by atoms with Crippen LogP contribution >= 0.6 is 0 Å². The van der Waals surface area contributed by atoms with E-state index in [9.17, 15) is 14.4 Å². The molecule has 1 fully saturated rings. The fraction of sp³-hybridized carbons (Fsp3) is 0.321. The number of hydrogen-bond acceptors (Lipinski definition) is 4. The van der Waals surface area contributed by atoms with Crippen LogP contribution < -0.4 is 10.9 Å². The van der Waals surface area contributed by atoms with E-state index in [2.05, 4.69) is 17.4 Å². The lowest BCUT2D eigenvalue weighted by Crippen LogP contribution is -2.49. The number of rotatable bonds is 5. The van der Waals surface area contributed by atoms with Gasteiger partial charge in [-0.3, -0.25) is 14.4 Å². The molecule has 0 saturated carbocycles. The molecule has 180 valence electrons. The molecule has 2 amide bonds. The van der Waals surface area contributed by atoms with Crippen LogP contribution in [0.25, 0.3) is 11.1 Å². The fourth-order valence-corrected chi connectivity index (χ4v) is 5.30. The van der Waals surface area contributed by atoms with E-state index in [4.69, 9.17) is 0 Å². The molecule has 2 aliphatic rings. The molecule has 1 saturated heterocycles. The number of carbonyl (C=O) groups excluding carboxylic acids is 2. The van der Waals surface area contributed by atoms with Gasteiger partial charge in [-0.2, -0.15) is 0 Å². The third-order valence-corrected chi connectivity index (χ3v) is 6.86. The van der Waals surface area contributed by atoms with Crippen molar-refractivity contribution in [3.05, 3.63) is 88.3 Å². The molecule has 1 aromatic heterocycles. The Morgan fingerprint density at radius 2 is 1.63 bits per heavy atom. The third-order valence-electron chi connectivity index (χ3n) is 6.86. The molecule has 2 unspecified atom stereocenters. The van der Waals surface area contributed by atoms with Crippen molar-refractivity contribution in [2.75, 3.05) is 39.0 Å². The van der Waals surface area contributed by atoms with Crippen molar-refractivity contribution >= 4 is 17.5 Å². The first-order valence-electron chi connectivity index (χ1n) is 12.0. The molecule has 7 heteroatoms. The van der Waals surface area contributed by atoms with E-state index in [0.717, 1.165) is 23.2 Å². The lowest BCUT2D eigenvalue weighted by atomic mass is 9.83. The fourth-order valence-electron chi connectivity index (χ4n) is 5.30. The van der Waals surface area contributed by atoms with Crippen LogP contribution in [0.15, 0.2) is 71.5 Å². The van der Waals surface area contributed by atoms with Gasteiger partial charge in [0.2, 0.25) is 5.91 Å². The smallest absolute Gasteiger partial charge is 0.274 e. The first-order chi connectivity index (χ1) is 16.9. The van der Waals surface area contributed by atoms with Crippen molar-refractivity contribution in [1.82, 2.24) is 14.4 Å². The van der Waals surface area contributed by atoms with Gasteiger partial charge in [-0.1, -0.05) is 42.5 Å².